The minimum absolute atomic E-state index is 0.300. The number of ether oxygens (including phenoxy) is 1. The first-order valence-electron chi connectivity index (χ1n) is 5.38. The zero-order chi connectivity index (χ0) is 13.0. The van der Waals surface area contributed by atoms with Gasteiger partial charge >= 0.3 is 6.01 Å². The molecule has 92 valence electrons. The van der Waals surface area contributed by atoms with Crippen LogP contribution in [0.1, 0.15) is 11.3 Å². The Hall–Kier alpha value is -1.75. The monoisotopic (exact) mass is 306 g/mol. The molecular weight excluding hydrogens is 296 g/mol. The van der Waals surface area contributed by atoms with Gasteiger partial charge in [-0.1, -0.05) is 15.9 Å². The Labute approximate surface area is 113 Å². The van der Waals surface area contributed by atoms with E-state index in [-0.39, 0.29) is 0 Å². The molecule has 0 saturated carbocycles. The molecule has 0 radical (unpaired) electrons. The fourth-order valence-corrected chi connectivity index (χ4v) is 1.85. The Balaban J connectivity index is 2.24. The number of aryl methyl sites for hydroxylation is 1. The average Bonchev–Trinajstić information content (AvgIpc) is 2.34. The smallest absolute Gasteiger partial charge is 0.322 e. The fraction of sp³-hybridized carbons (Fsp3) is 0.154. The third kappa shape index (κ3) is 3.13. The molecule has 0 aliphatic rings. The van der Waals surface area contributed by atoms with Crippen molar-refractivity contribution in [3.63, 3.8) is 0 Å². The van der Waals surface area contributed by atoms with Gasteiger partial charge in [-0.3, -0.25) is 0 Å². The van der Waals surface area contributed by atoms with Crippen molar-refractivity contribution >= 4 is 22.2 Å². The van der Waals surface area contributed by atoms with Gasteiger partial charge in [-0.25, -0.2) is 9.97 Å². The van der Waals surface area contributed by atoms with E-state index >= 15 is 0 Å². The SMILES string of the molecule is Cc1ccnc(Oc2ccc(Br)c(CC=O)c2)n1. The van der Waals surface area contributed by atoms with Gasteiger partial charge in [0.1, 0.15) is 12.0 Å². The molecule has 0 spiro atoms. The summed E-state index contributed by atoms with van der Waals surface area (Å²) in [5.74, 6) is 0.612. The minimum atomic E-state index is 0.300. The van der Waals surface area contributed by atoms with E-state index in [4.69, 9.17) is 4.74 Å². The number of aromatic nitrogens is 2. The predicted molar refractivity (Wildman–Crippen MR) is 70.8 cm³/mol. The molecule has 2 aromatic rings. The van der Waals surface area contributed by atoms with E-state index in [0.717, 1.165) is 22.0 Å². The summed E-state index contributed by atoms with van der Waals surface area (Å²) in [6, 6.07) is 7.53. The molecule has 0 aliphatic carbocycles. The summed E-state index contributed by atoms with van der Waals surface area (Å²) in [5, 5.41) is 0. The van der Waals surface area contributed by atoms with Gasteiger partial charge in [0.15, 0.2) is 0 Å². The topological polar surface area (TPSA) is 52.1 Å². The van der Waals surface area contributed by atoms with Crippen LogP contribution >= 0.6 is 15.9 Å². The maximum Gasteiger partial charge on any atom is 0.322 e. The maximum atomic E-state index is 10.6. The van der Waals surface area contributed by atoms with E-state index in [0.29, 0.717) is 18.2 Å². The van der Waals surface area contributed by atoms with Crippen molar-refractivity contribution in [1.82, 2.24) is 9.97 Å². The Bertz CT molecular complexity index is 573. The van der Waals surface area contributed by atoms with E-state index in [1.165, 1.54) is 0 Å². The highest BCUT2D eigenvalue weighted by molar-refractivity contribution is 9.10. The lowest BCUT2D eigenvalue weighted by atomic mass is 10.1. The van der Waals surface area contributed by atoms with Crippen molar-refractivity contribution in [3.8, 4) is 11.8 Å². The van der Waals surface area contributed by atoms with Crippen LogP contribution in [0.4, 0.5) is 0 Å². The summed E-state index contributed by atoms with van der Waals surface area (Å²) < 4.78 is 6.42. The molecule has 0 N–H and O–H groups in total. The standard InChI is InChI=1S/C13H11BrN2O2/c1-9-4-6-15-13(16-9)18-11-2-3-12(14)10(8-11)5-7-17/h2-4,6-8H,5H2,1H3. The number of aldehydes is 1. The molecule has 4 nitrogen and oxygen atoms in total. The lowest BCUT2D eigenvalue weighted by Gasteiger charge is -2.06. The first-order chi connectivity index (χ1) is 8.69. The highest BCUT2D eigenvalue weighted by Crippen LogP contribution is 2.25. The number of carbonyl (C=O) groups is 1. The first-order valence-corrected chi connectivity index (χ1v) is 6.18. The number of benzene rings is 1. The summed E-state index contributed by atoms with van der Waals surface area (Å²) in [6.45, 7) is 1.87. The molecule has 2 rings (SSSR count). The quantitative estimate of drug-likeness (QED) is 0.815. The second-order valence-corrected chi connectivity index (χ2v) is 4.56. The van der Waals surface area contributed by atoms with Crippen LogP contribution in [0.2, 0.25) is 0 Å². The van der Waals surface area contributed by atoms with Crippen LogP contribution in [0.3, 0.4) is 0 Å². The van der Waals surface area contributed by atoms with Crippen LogP contribution in [0, 0.1) is 6.92 Å². The van der Waals surface area contributed by atoms with Gasteiger partial charge in [0.25, 0.3) is 0 Å². The molecule has 1 heterocycles. The van der Waals surface area contributed by atoms with Crippen LogP contribution in [0.15, 0.2) is 34.9 Å². The summed E-state index contributed by atoms with van der Waals surface area (Å²) in [6.07, 6.45) is 2.84. The third-order valence-corrected chi connectivity index (χ3v) is 3.08. The van der Waals surface area contributed by atoms with Crippen molar-refractivity contribution in [2.45, 2.75) is 13.3 Å². The molecule has 18 heavy (non-hydrogen) atoms. The van der Waals surface area contributed by atoms with Gasteiger partial charge in [-0.05, 0) is 36.8 Å². The van der Waals surface area contributed by atoms with Crippen molar-refractivity contribution in [3.05, 3.63) is 46.2 Å². The molecule has 1 aromatic carbocycles. The average molecular weight is 307 g/mol. The van der Waals surface area contributed by atoms with E-state index in [9.17, 15) is 4.79 Å². The zero-order valence-corrected chi connectivity index (χ0v) is 11.3. The van der Waals surface area contributed by atoms with Crippen molar-refractivity contribution in [2.24, 2.45) is 0 Å². The van der Waals surface area contributed by atoms with Crippen molar-refractivity contribution in [1.29, 1.82) is 0 Å². The Morgan fingerprint density at radius 1 is 1.39 bits per heavy atom. The Morgan fingerprint density at radius 3 is 2.94 bits per heavy atom. The molecular formula is C13H11BrN2O2. The molecule has 0 saturated heterocycles. The van der Waals surface area contributed by atoms with Crippen LogP contribution in [0.25, 0.3) is 0 Å². The Morgan fingerprint density at radius 2 is 2.22 bits per heavy atom. The van der Waals surface area contributed by atoms with E-state index < -0.39 is 0 Å². The minimum Gasteiger partial charge on any atom is -0.424 e. The summed E-state index contributed by atoms with van der Waals surface area (Å²) in [5.41, 5.74) is 1.71. The van der Waals surface area contributed by atoms with Crippen LogP contribution < -0.4 is 4.74 Å². The van der Waals surface area contributed by atoms with Gasteiger partial charge in [0, 0.05) is 22.8 Å². The lowest BCUT2D eigenvalue weighted by molar-refractivity contribution is -0.107. The third-order valence-electron chi connectivity index (χ3n) is 2.30. The van der Waals surface area contributed by atoms with E-state index in [1.54, 1.807) is 24.4 Å². The molecule has 0 bridgehead atoms. The van der Waals surface area contributed by atoms with Gasteiger partial charge in [-0.15, -0.1) is 0 Å². The normalized spacial score (nSPS) is 10.1. The predicted octanol–water partition coefficient (Wildman–Crippen LogP) is 3.08. The zero-order valence-electron chi connectivity index (χ0n) is 9.76. The number of nitrogens with zero attached hydrogens (tertiary/aromatic N) is 2. The van der Waals surface area contributed by atoms with Gasteiger partial charge in [0.05, 0.1) is 0 Å². The Kier molecular flexibility index (Phi) is 4.04. The number of hydrogen-bond acceptors (Lipinski definition) is 4. The number of halogens is 1. The highest BCUT2D eigenvalue weighted by atomic mass is 79.9. The number of rotatable bonds is 4. The molecule has 1 aromatic heterocycles. The van der Waals surface area contributed by atoms with E-state index in [1.807, 2.05) is 13.0 Å². The largest absolute Gasteiger partial charge is 0.424 e. The van der Waals surface area contributed by atoms with Crippen LogP contribution in [-0.2, 0) is 11.2 Å². The summed E-state index contributed by atoms with van der Waals surface area (Å²) >= 11 is 3.38. The highest BCUT2D eigenvalue weighted by Gasteiger charge is 2.05. The van der Waals surface area contributed by atoms with Crippen LogP contribution in [-0.4, -0.2) is 16.3 Å². The molecule has 0 atom stereocenters. The second-order valence-electron chi connectivity index (χ2n) is 3.71. The first kappa shape index (κ1) is 12.7. The molecule has 0 aliphatic heterocycles. The second kappa shape index (κ2) is 5.73. The van der Waals surface area contributed by atoms with Gasteiger partial charge in [-0.2, -0.15) is 0 Å². The summed E-state index contributed by atoms with van der Waals surface area (Å²) in [7, 11) is 0. The molecule has 5 heteroatoms. The molecule has 0 unspecified atom stereocenters. The fourth-order valence-electron chi connectivity index (χ4n) is 1.44. The molecule has 0 fully saturated rings. The summed E-state index contributed by atoms with van der Waals surface area (Å²) in [4.78, 5) is 18.7. The van der Waals surface area contributed by atoms with Gasteiger partial charge < -0.3 is 9.53 Å². The van der Waals surface area contributed by atoms with Crippen LogP contribution in [0.5, 0.6) is 11.8 Å². The number of carbonyl (C=O) groups excluding carboxylic acids is 1. The van der Waals surface area contributed by atoms with Crippen molar-refractivity contribution < 1.29 is 9.53 Å². The lowest BCUT2D eigenvalue weighted by Crippen LogP contribution is -1.94. The molecule has 0 amide bonds. The van der Waals surface area contributed by atoms with Crippen molar-refractivity contribution in [2.75, 3.05) is 0 Å². The van der Waals surface area contributed by atoms with E-state index in [2.05, 4.69) is 25.9 Å². The number of hydrogen-bond donors (Lipinski definition) is 0. The maximum absolute atomic E-state index is 10.6. The van der Waals surface area contributed by atoms with Gasteiger partial charge in [0.2, 0.25) is 0 Å².